The van der Waals surface area contributed by atoms with Crippen LogP contribution in [0.3, 0.4) is 0 Å². The second-order valence-electron chi connectivity index (χ2n) is 2.12. The molecule has 0 aliphatic carbocycles. The van der Waals surface area contributed by atoms with Crippen LogP contribution in [0.25, 0.3) is 0 Å². The molecule has 10 heavy (non-hydrogen) atoms. The third-order valence-electron chi connectivity index (χ3n) is 1.37. The van der Waals surface area contributed by atoms with Gasteiger partial charge in [0.15, 0.2) is 0 Å². The molecule has 2 heteroatoms. The lowest BCUT2D eigenvalue weighted by Gasteiger charge is -1.97. The van der Waals surface area contributed by atoms with Crippen molar-refractivity contribution in [2.75, 3.05) is 0 Å². The highest BCUT2D eigenvalue weighted by molar-refractivity contribution is 7.79. The van der Waals surface area contributed by atoms with Crippen LogP contribution in [0.15, 0.2) is 18.2 Å². The zero-order chi connectivity index (χ0) is 7.56. The van der Waals surface area contributed by atoms with Gasteiger partial charge in [-0.25, -0.2) is 0 Å². The van der Waals surface area contributed by atoms with E-state index >= 15 is 0 Å². The fourth-order valence-electron chi connectivity index (χ4n) is 0.738. The first-order valence-electron chi connectivity index (χ1n) is 2.95. The average Bonchev–Trinajstić information content (AvgIpc) is 1.94. The van der Waals surface area contributed by atoms with E-state index in [0.717, 1.165) is 10.6 Å². The molecule has 0 saturated heterocycles. The Morgan fingerprint density at radius 3 is 2.70 bits per heavy atom. The molecule has 0 heterocycles. The van der Waals surface area contributed by atoms with Gasteiger partial charge < -0.3 is 0 Å². The van der Waals surface area contributed by atoms with Crippen molar-refractivity contribution in [3.8, 4) is 0 Å². The zero-order valence-corrected chi connectivity index (χ0v) is 7.17. The first-order chi connectivity index (χ1) is 4.74. The minimum absolute atomic E-state index is 0.738. The van der Waals surface area contributed by atoms with Crippen LogP contribution >= 0.6 is 23.8 Å². The van der Waals surface area contributed by atoms with Gasteiger partial charge in [-0.3, -0.25) is 0 Å². The number of rotatable bonds is 1. The number of thiocarbonyl (C=S) groups is 1. The van der Waals surface area contributed by atoms with E-state index in [-0.39, 0.29) is 0 Å². The maximum Gasteiger partial charge on any atom is 0.0412 e. The SMILES string of the molecule is Cc1ccc(Cl)cc1C=S. The van der Waals surface area contributed by atoms with E-state index in [4.69, 9.17) is 23.8 Å². The van der Waals surface area contributed by atoms with Crippen LogP contribution < -0.4 is 0 Å². The fraction of sp³-hybridized carbons (Fsp3) is 0.125. The summed E-state index contributed by atoms with van der Waals surface area (Å²) in [4.78, 5) is 0. The van der Waals surface area contributed by atoms with Gasteiger partial charge in [-0.2, -0.15) is 0 Å². The van der Waals surface area contributed by atoms with Gasteiger partial charge in [0.25, 0.3) is 0 Å². The lowest BCUT2D eigenvalue weighted by Crippen LogP contribution is -1.83. The van der Waals surface area contributed by atoms with Crippen molar-refractivity contribution in [2.24, 2.45) is 0 Å². The predicted molar refractivity (Wildman–Crippen MR) is 48.9 cm³/mol. The number of hydrogen-bond donors (Lipinski definition) is 0. The third-order valence-corrected chi connectivity index (χ3v) is 1.86. The van der Waals surface area contributed by atoms with E-state index in [0.29, 0.717) is 0 Å². The monoisotopic (exact) mass is 170 g/mol. The first-order valence-corrected chi connectivity index (χ1v) is 3.80. The summed E-state index contributed by atoms with van der Waals surface area (Å²) >= 11 is 10.5. The molecule has 0 spiro atoms. The Kier molecular flexibility index (Phi) is 2.41. The maximum atomic E-state index is 5.73. The molecular formula is C8H7ClS. The Morgan fingerprint density at radius 2 is 2.20 bits per heavy atom. The molecule has 0 N–H and O–H groups in total. The van der Waals surface area contributed by atoms with Crippen LogP contribution in [0.5, 0.6) is 0 Å². The molecule has 0 amide bonds. The smallest absolute Gasteiger partial charge is 0.0412 e. The second-order valence-corrected chi connectivity index (χ2v) is 2.79. The predicted octanol–water partition coefficient (Wildman–Crippen LogP) is 3.00. The van der Waals surface area contributed by atoms with E-state index in [1.807, 2.05) is 25.1 Å². The van der Waals surface area contributed by atoms with Crippen LogP contribution in [-0.2, 0) is 0 Å². The molecule has 0 fully saturated rings. The summed E-state index contributed by atoms with van der Waals surface area (Å²) in [5.74, 6) is 0. The summed E-state index contributed by atoms with van der Waals surface area (Å²) in [6.07, 6.45) is 0. The summed E-state index contributed by atoms with van der Waals surface area (Å²) in [5.41, 5.74) is 2.20. The highest BCUT2D eigenvalue weighted by Gasteiger charge is 1.93. The van der Waals surface area contributed by atoms with E-state index in [2.05, 4.69) is 0 Å². The van der Waals surface area contributed by atoms with Crippen LogP contribution in [0.4, 0.5) is 0 Å². The molecule has 0 aliphatic rings. The van der Waals surface area contributed by atoms with Gasteiger partial charge in [0.2, 0.25) is 0 Å². The average molecular weight is 171 g/mol. The molecule has 0 aromatic heterocycles. The molecule has 1 aromatic carbocycles. The van der Waals surface area contributed by atoms with Crippen molar-refractivity contribution < 1.29 is 0 Å². The Bertz CT molecular complexity index is 255. The third kappa shape index (κ3) is 1.55. The highest BCUT2D eigenvalue weighted by atomic mass is 35.5. The van der Waals surface area contributed by atoms with Gasteiger partial charge in [-0.15, -0.1) is 0 Å². The molecule has 0 saturated carbocycles. The van der Waals surface area contributed by atoms with Crippen LogP contribution in [-0.4, -0.2) is 5.37 Å². The summed E-state index contributed by atoms with van der Waals surface area (Å²) in [5, 5.41) is 2.38. The molecule has 0 atom stereocenters. The van der Waals surface area contributed by atoms with Crippen molar-refractivity contribution in [3.63, 3.8) is 0 Å². The Balaban J connectivity index is 3.21. The van der Waals surface area contributed by atoms with Crippen LogP contribution in [0, 0.1) is 6.92 Å². The largest absolute Gasteiger partial charge is 0.0881 e. The van der Waals surface area contributed by atoms with Crippen LogP contribution in [0.2, 0.25) is 5.02 Å². The highest BCUT2D eigenvalue weighted by Crippen LogP contribution is 2.13. The van der Waals surface area contributed by atoms with Crippen LogP contribution in [0.1, 0.15) is 11.1 Å². The van der Waals surface area contributed by atoms with Crippen molar-refractivity contribution in [2.45, 2.75) is 6.92 Å². The molecule has 0 unspecified atom stereocenters. The van der Waals surface area contributed by atoms with E-state index in [9.17, 15) is 0 Å². The lowest BCUT2D eigenvalue weighted by atomic mass is 10.1. The standard InChI is InChI=1S/C8H7ClS/c1-6-2-3-8(9)4-7(6)5-10/h2-5H,1H3. The second kappa shape index (κ2) is 3.13. The van der Waals surface area contributed by atoms with Crippen molar-refractivity contribution >= 4 is 29.2 Å². The quantitative estimate of drug-likeness (QED) is 0.584. The van der Waals surface area contributed by atoms with E-state index in [1.165, 1.54) is 5.56 Å². The summed E-state index contributed by atoms with van der Waals surface area (Å²) in [6, 6.07) is 5.68. The summed E-state index contributed by atoms with van der Waals surface area (Å²) < 4.78 is 0. The van der Waals surface area contributed by atoms with Gasteiger partial charge in [-0.1, -0.05) is 29.9 Å². The minimum atomic E-state index is 0.738. The first kappa shape index (κ1) is 7.70. The molecule has 0 aliphatic heterocycles. The maximum absolute atomic E-state index is 5.73. The molecular weight excluding hydrogens is 164 g/mol. The van der Waals surface area contributed by atoms with Gasteiger partial charge in [-0.05, 0) is 30.2 Å². The lowest BCUT2D eigenvalue weighted by molar-refractivity contribution is 1.46. The summed E-state index contributed by atoms with van der Waals surface area (Å²) in [6.45, 7) is 2.01. The molecule has 1 rings (SSSR count). The van der Waals surface area contributed by atoms with Gasteiger partial charge in [0.1, 0.15) is 0 Å². The topological polar surface area (TPSA) is 0 Å². The van der Waals surface area contributed by atoms with Crippen molar-refractivity contribution in [3.05, 3.63) is 34.3 Å². The van der Waals surface area contributed by atoms with Gasteiger partial charge in [0.05, 0.1) is 0 Å². The Labute approximate surface area is 70.8 Å². The van der Waals surface area contributed by atoms with Crippen molar-refractivity contribution in [1.29, 1.82) is 0 Å². The van der Waals surface area contributed by atoms with E-state index < -0.39 is 0 Å². The fourth-order valence-corrected chi connectivity index (χ4v) is 1.17. The molecule has 0 radical (unpaired) electrons. The molecule has 0 nitrogen and oxygen atoms in total. The zero-order valence-electron chi connectivity index (χ0n) is 5.60. The van der Waals surface area contributed by atoms with Gasteiger partial charge in [0, 0.05) is 10.4 Å². The number of halogens is 1. The number of hydrogen-bond acceptors (Lipinski definition) is 1. The molecule has 52 valence electrons. The summed E-state index contributed by atoms with van der Waals surface area (Å²) in [7, 11) is 0. The normalized spacial score (nSPS) is 9.40. The number of aryl methyl sites for hydroxylation is 1. The van der Waals surface area contributed by atoms with E-state index in [1.54, 1.807) is 5.37 Å². The Morgan fingerprint density at radius 1 is 1.50 bits per heavy atom. The molecule has 1 aromatic rings. The molecule has 0 bridgehead atoms. The van der Waals surface area contributed by atoms with Gasteiger partial charge >= 0.3 is 0 Å². The number of benzene rings is 1. The minimum Gasteiger partial charge on any atom is -0.0881 e. The Hall–Kier alpha value is -0.400. The van der Waals surface area contributed by atoms with Crippen molar-refractivity contribution in [1.82, 2.24) is 0 Å².